The van der Waals surface area contributed by atoms with Gasteiger partial charge in [-0.25, -0.2) is 0 Å². The first-order valence-electron chi connectivity index (χ1n) is 15.8. The minimum Gasteiger partial charge on any atom is -0.434 e. The molecule has 48 heavy (non-hydrogen) atoms. The maximum atomic E-state index is 15.4. The minimum atomic E-state index is -2.97. The molecule has 9 heteroatoms. The average Bonchev–Trinajstić information content (AvgIpc) is 3.56. The van der Waals surface area contributed by atoms with Crippen molar-refractivity contribution in [2.45, 2.75) is 26.2 Å². The van der Waals surface area contributed by atoms with Gasteiger partial charge in [0.1, 0.15) is 7.14 Å². The zero-order chi connectivity index (χ0) is 32.4. The Kier molecular flexibility index (Phi) is 8.22. The van der Waals surface area contributed by atoms with Crippen LogP contribution in [0.1, 0.15) is 0 Å². The molecule has 0 bridgehead atoms. The van der Waals surface area contributed by atoms with Crippen molar-refractivity contribution in [1.82, 2.24) is 19.9 Å². The molecule has 1 radical (unpaired) electrons. The summed E-state index contributed by atoms with van der Waals surface area (Å²) in [5, 5.41) is 8.34. The molecule has 3 aromatic heterocycles. The molecule has 0 aliphatic carbocycles. The second kappa shape index (κ2) is 12.1. The van der Waals surface area contributed by atoms with E-state index in [2.05, 4.69) is 113 Å². The summed E-state index contributed by atoms with van der Waals surface area (Å²) in [4.78, 5) is 17.7. The number of pyridine rings is 2. The van der Waals surface area contributed by atoms with Crippen molar-refractivity contribution in [2.75, 3.05) is 0 Å². The first kappa shape index (κ1) is 32.5. The summed E-state index contributed by atoms with van der Waals surface area (Å²) in [7, 11) is -7.16. The van der Waals surface area contributed by atoms with Gasteiger partial charge in [-0.15, -0.1) is 28.1 Å². The van der Waals surface area contributed by atoms with Gasteiger partial charge in [0.05, 0.1) is 21.8 Å². The molecule has 9 rings (SSSR count). The van der Waals surface area contributed by atoms with Gasteiger partial charge in [0.2, 0.25) is 0 Å². The largest absolute Gasteiger partial charge is 0.434 e. The topological polar surface area (TPSA) is 69.8 Å². The van der Waals surface area contributed by atoms with Crippen molar-refractivity contribution in [3.63, 3.8) is 0 Å². The van der Waals surface area contributed by atoms with Crippen LogP contribution in [0.4, 0.5) is 0 Å². The van der Waals surface area contributed by atoms with Crippen molar-refractivity contribution in [3.05, 3.63) is 134 Å². The standard InChI is InChI=1S/C27H25NOPSi2.C12H8N3.Ir/c1-31(2)23-14-7-5-12-21(23)30(29)22-13-6-8-15-24(22)32(3,4)26-18-19(17-25(31)27(26)30)20-11-9-10-16-28-20;1-2-6-10-9(5-1)14-12(15-10)11-7-3-4-8-13-11;/h5-17H,1-4H3;1-8H;/q2*-1;. The van der Waals surface area contributed by atoms with Crippen molar-refractivity contribution in [1.29, 1.82) is 0 Å². The number of imidazole rings is 1. The molecule has 0 saturated heterocycles. The number of hydrogen-bond acceptors (Lipinski definition) is 4. The van der Waals surface area contributed by atoms with Gasteiger partial charge in [-0.1, -0.05) is 122 Å². The van der Waals surface area contributed by atoms with Gasteiger partial charge < -0.3 is 19.5 Å². The normalized spacial score (nSPS) is 17.5. The summed E-state index contributed by atoms with van der Waals surface area (Å²) in [6.45, 7) is 9.59. The zero-order valence-electron chi connectivity index (χ0n) is 27.1. The van der Waals surface area contributed by atoms with Gasteiger partial charge in [0, 0.05) is 43.1 Å². The number of aromatic nitrogens is 4. The van der Waals surface area contributed by atoms with Gasteiger partial charge in [-0.3, -0.25) is 4.98 Å². The third-order valence-electron chi connectivity index (χ3n) is 9.66. The predicted molar refractivity (Wildman–Crippen MR) is 200 cm³/mol. The number of hydrogen-bond donors (Lipinski definition) is 0. The molecule has 1 atom stereocenters. The van der Waals surface area contributed by atoms with Crippen LogP contribution in [0.15, 0.2) is 128 Å². The van der Waals surface area contributed by atoms with Crippen molar-refractivity contribution < 1.29 is 24.7 Å². The molecule has 1 unspecified atom stereocenters. The zero-order valence-corrected chi connectivity index (χ0v) is 32.4. The van der Waals surface area contributed by atoms with Crippen molar-refractivity contribution in [2.24, 2.45) is 0 Å². The van der Waals surface area contributed by atoms with Crippen LogP contribution in [-0.4, -0.2) is 31.1 Å². The molecule has 0 fully saturated rings. The quantitative estimate of drug-likeness (QED) is 0.143. The van der Waals surface area contributed by atoms with E-state index in [1.807, 2.05) is 60.8 Å². The number of benzene rings is 4. The third kappa shape index (κ3) is 4.98. The van der Waals surface area contributed by atoms with Gasteiger partial charge in [0.25, 0.3) is 0 Å². The minimum absolute atomic E-state index is 0. The molecule has 2 aliphatic rings. The Labute approximate surface area is 296 Å². The van der Waals surface area contributed by atoms with Crippen LogP contribution in [0.2, 0.25) is 26.2 Å². The van der Waals surface area contributed by atoms with Crippen LogP contribution in [0.3, 0.4) is 0 Å². The van der Waals surface area contributed by atoms with E-state index >= 15 is 4.57 Å². The fourth-order valence-corrected chi connectivity index (χ4v) is 20.9. The summed E-state index contributed by atoms with van der Waals surface area (Å²) in [6.07, 6.45) is 3.59. The summed E-state index contributed by atoms with van der Waals surface area (Å²) in [5.74, 6) is 0.691. The van der Waals surface area contributed by atoms with Gasteiger partial charge in [0.15, 0.2) is 0 Å². The van der Waals surface area contributed by atoms with Crippen LogP contribution in [-0.2, 0) is 24.7 Å². The first-order valence-corrected chi connectivity index (χ1v) is 23.6. The van der Waals surface area contributed by atoms with Crippen molar-refractivity contribution >= 4 is 71.0 Å². The van der Waals surface area contributed by atoms with Crippen LogP contribution in [0, 0.1) is 6.07 Å². The Morgan fingerprint density at radius 2 is 1.21 bits per heavy atom. The summed E-state index contributed by atoms with van der Waals surface area (Å²) < 4.78 is 15.4. The molecule has 7 aromatic rings. The summed E-state index contributed by atoms with van der Waals surface area (Å²) in [5.41, 5.74) is 4.62. The molecular formula is C39H33IrN4OPSi2-2. The monoisotopic (exact) mass is 853 g/mol. The Hall–Kier alpha value is -4.04. The average molecular weight is 853 g/mol. The fourth-order valence-electron chi connectivity index (χ4n) is 7.21. The Morgan fingerprint density at radius 1 is 0.646 bits per heavy atom. The van der Waals surface area contributed by atoms with Gasteiger partial charge in [-0.2, -0.15) is 0 Å². The van der Waals surface area contributed by atoms with E-state index in [9.17, 15) is 0 Å². The van der Waals surface area contributed by atoms with E-state index in [4.69, 9.17) is 0 Å². The maximum absolute atomic E-state index is 15.4. The van der Waals surface area contributed by atoms with Crippen LogP contribution in [0.5, 0.6) is 0 Å². The van der Waals surface area contributed by atoms with E-state index in [-0.39, 0.29) is 20.1 Å². The SMILES string of the molecule is C[Si]1(C)c2[c-]c(-c3ccccn3)cc3c2P(=O)(c2ccccc21)c1ccccc1[Si]3(C)C.[Ir].c1ccc(-c2nc3ccccc3[n-]2)nc1. The molecule has 5 heterocycles. The Morgan fingerprint density at radius 3 is 1.83 bits per heavy atom. The van der Waals surface area contributed by atoms with Crippen molar-refractivity contribution in [3.8, 4) is 22.8 Å². The number of rotatable bonds is 2. The van der Waals surface area contributed by atoms with Gasteiger partial charge >= 0.3 is 0 Å². The number of nitrogens with zero attached hydrogens (tertiary/aromatic N) is 4. The molecule has 2 aliphatic heterocycles. The van der Waals surface area contributed by atoms with Crippen LogP contribution >= 0.6 is 7.14 Å². The third-order valence-corrected chi connectivity index (χ3v) is 20.7. The summed E-state index contributed by atoms with van der Waals surface area (Å²) >= 11 is 0. The molecule has 4 aromatic carbocycles. The Balaban J connectivity index is 0.000000191. The Bertz CT molecular complexity index is 2240. The molecule has 0 spiro atoms. The first-order chi connectivity index (χ1) is 22.7. The van der Waals surface area contributed by atoms with E-state index in [1.165, 1.54) is 20.7 Å². The van der Waals surface area contributed by atoms with E-state index in [0.717, 1.165) is 43.9 Å². The summed E-state index contributed by atoms with van der Waals surface area (Å²) in [6, 6.07) is 42.7. The fraction of sp³-hybridized carbons (Fsp3) is 0.103. The maximum Gasteiger partial charge on any atom is 0.134 e. The predicted octanol–water partition coefficient (Wildman–Crippen LogP) is 4.71. The molecule has 5 nitrogen and oxygen atoms in total. The second-order valence-electron chi connectivity index (χ2n) is 13.2. The van der Waals surface area contributed by atoms with E-state index < -0.39 is 23.3 Å². The molecule has 239 valence electrons. The van der Waals surface area contributed by atoms with E-state index in [1.54, 1.807) is 6.20 Å². The molecular weight excluding hydrogens is 820 g/mol. The second-order valence-corrected chi connectivity index (χ2v) is 24.4. The molecule has 0 N–H and O–H groups in total. The smallest absolute Gasteiger partial charge is 0.134 e. The van der Waals surface area contributed by atoms with Crippen LogP contribution in [0.25, 0.3) is 33.8 Å². The van der Waals surface area contributed by atoms with Crippen LogP contribution < -0.4 is 41.6 Å². The molecule has 0 saturated carbocycles. The van der Waals surface area contributed by atoms with E-state index in [0.29, 0.717) is 5.82 Å². The number of para-hydroxylation sites is 2. The van der Waals surface area contributed by atoms with Gasteiger partial charge in [-0.05, 0) is 51.1 Å². The number of fused-ring (bicyclic) bond motifs is 5. The molecule has 0 amide bonds.